The van der Waals surface area contributed by atoms with E-state index in [0.717, 1.165) is 12.8 Å². The Morgan fingerprint density at radius 1 is 1.50 bits per heavy atom. The number of aliphatic hydroxyl groups excluding tert-OH is 1. The molecule has 2 nitrogen and oxygen atoms in total. The third-order valence-corrected chi connectivity index (χ3v) is 4.62. The van der Waals surface area contributed by atoms with Gasteiger partial charge in [-0.1, -0.05) is 26.7 Å². The van der Waals surface area contributed by atoms with Gasteiger partial charge in [-0.25, -0.2) is 0 Å². The van der Waals surface area contributed by atoms with Gasteiger partial charge in [0, 0.05) is 11.5 Å². The van der Waals surface area contributed by atoms with E-state index in [0.29, 0.717) is 17.8 Å². The lowest BCUT2D eigenvalue weighted by Gasteiger charge is -2.24. The number of hydrogen-bond donors (Lipinski definition) is 2. The van der Waals surface area contributed by atoms with Gasteiger partial charge >= 0.3 is 0 Å². The molecule has 2 heteroatoms. The first-order valence-electron chi connectivity index (χ1n) is 6.05. The molecule has 5 atom stereocenters. The minimum Gasteiger partial charge on any atom is -0.392 e. The maximum Gasteiger partial charge on any atom is 0.0617 e. The normalized spacial score (nSPS) is 49.3. The van der Waals surface area contributed by atoms with Gasteiger partial charge in [-0.05, 0) is 31.1 Å². The summed E-state index contributed by atoms with van der Waals surface area (Å²) in [6, 6.07) is 0. The van der Waals surface area contributed by atoms with Gasteiger partial charge in [-0.3, -0.25) is 0 Å². The Morgan fingerprint density at radius 2 is 2.21 bits per heavy atom. The molecular weight excluding hydrogens is 174 g/mol. The minimum absolute atomic E-state index is 0.0261. The van der Waals surface area contributed by atoms with Gasteiger partial charge in [0.1, 0.15) is 0 Å². The Morgan fingerprint density at radius 3 is 2.64 bits per heavy atom. The van der Waals surface area contributed by atoms with Crippen molar-refractivity contribution >= 4 is 0 Å². The second-order valence-electron chi connectivity index (χ2n) is 5.46. The molecule has 0 spiro atoms. The highest BCUT2D eigenvalue weighted by Crippen LogP contribution is 2.50. The van der Waals surface area contributed by atoms with Crippen LogP contribution in [0.5, 0.6) is 0 Å². The SMILES string of the molecule is CCC1(N)CC1C(O)C1CCC[C@@H]1C. The van der Waals surface area contributed by atoms with Gasteiger partial charge in [-0.2, -0.15) is 0 Å². The molecule has 3 N–H and O–H groups in total. The molecule has 4 unspecified atom stereocenters. The fourth-order valence-corrected chi connectivity index (χ4v) is 3.20. The average Bonchev–Trinajstić information content (AvgIpc) is 2.67. The Hall–Kier alpha value is -0.0800. The predicted octanol–water partition coefficient (Wildman–Crippen LogP) is 1.91. The quantitative estimate of drug-likeness (QED) is 0.726. The van der Waals surface area contributed by atoms with Crippen LogP contribution >= 0.6 is 0 Å². The monoisotopic (exact) mass is 197 g/mol. The summed E-state index contributed by atoms with van der Waals surface area (Å²) in [6.45, 7) is 4.40. The molecule has 0 aliphatic heterocycles. The zero-order valence-electron chi connectivity index (χ0n) is 9.37. The van der Waals surface area contributed by atoms with Gasteiger partial charge in [0.2, 0.25) is 0 Å². The lowest BCUT2D eigenvalue weighted by atomic mass is 9.88. The van der Waals surface area contributed by atoms with Crippen LogP contribution in [0.4, 0.5) is 0 Å². The molecule has 0 saturated heterocycles. The standard InChI is InChI=1S/C12H23NO/c1-3-12(13)7-10(12)11(14)9-6-4-5-8(9)2/h8-11,14H,3-7,13H2,1-2H3/t8-,9?,10?,11?,12?/m0/s1. The van der Waals surface area contributed by atoms with E-state index >= 15 is 0 Å². The van der Waals surface area contributed by atoms with Crippen molar-refractivity contribution in [3.8, 4) is 0 Å². The van der Waals surface area contributed by atoms with E-state index in [1.165, 1.54) is 19.3 Å². The van der Waals surface area contributed by atoms with Crippen LogP contribution in [-0.4, -0.2) is 16.7 Å². The molecule has 2 fully saturated rings. The number of aliphatic hydroxyl groups is 1. The van der Waals surface area contributed by atoms with Crippen molar-refractivity contribution < 1.29 is 5.11 Å². The van der Waals surface area contributed by atoms with Crippen LogP contribution in [0, 0.1) is 17.8 Å². The smallest absolute Gasteiger partial charge is 0.0617 e. The lowest BCUT2D eigenvalue weighted by molar-refractivity contribution is 0.0628. The van der Waals surface area contributed by atoms with E-state index in [4.69, 9.17) is 5.73 Å². The van der Waals surface area contributed by atoms with Gasteiger partial charge in [0.25, 0.3) is 0 Å². The topological polar surface area (TPSA) is 46.2 Å². The molecule has 0 aromatic heterocycles. The molecule has 2 saturated carbocycles. The van der Waals surface area contributed by atoms with E-state index < -0.39 is 0 Å². The molecule has 2 aliphatic rings. The van der Waals surface area contributed by atoms with Crippen LogP contribution in [-0.2, 0) is 0 Å². The highest BCUT2D eigenvalue weighted by atomic mass is 16.3. The second kappa shape index (κ2) is 3.49. The summed E-state index contributed by atoms with van der Waals surface area (Å²) < 4.78 is 0. The van der Waals surface area contributed by atoms with Crippen LogP contribution in [0.3, 0.4) is 0 Å². The Balaban J connectivity index is 1.93. The Labute approximate surface area is 86.9 Å². The van der Waals surface area contributed by atoms with Crippen LogP contribution in [0.15, 0.2) is 0 Å². The maximum absolute atomic E-state index is 10.2. The number of rotatable bonds is 3. The van der Waals surface area contributed by atoms with Crippen molar-refractivity contribution in [3.05, 3.63) is 0 Å². The summed E-state index contributed by atoms with van der Waals surface area (Å²) in [7, 11) is 0. The molecule has 0 aromatic rings. The minimum atomic E-state index is -0.127. The Kier molecular flexibility index (Phi) is 2.61. The molecule has 0 heterocycles. The van der Waals surface area contributed by atoms with E-state index in [1.807, 2.05) is 0 Å². The van der Waals surface area contributed by atoms with Gasteiger partial charge < -0.3 is 10.8 Å². The van der Waals surface area contributed by atoms with Crippen molar-refractivity contribution in [2.24, 2.45) is 23.5 Å². The lowest BCUT2D eigenvalue weighted by Crippen LogP contribution is -2.33. The van der Waals surface area contributed by atoms with Crippen molar-refractivity contribution in [3.63, 3.8) is 0 Å². The van der Waals surface area contributed by atoms with Crippen molar-refractivity contribution in [1.29, 1.82) is 0 Å². The van der Waals surface area contributed by atoms with E-state index in [9.17, 15) is 5.11 Å². The predicted molar refractivity (Wildman–Crippen MR) is 57.8 cm³/mol. The maximum atomic E-state index is 10.2. The molecule has 2 rings (SSSR count). The first-order valence-corrected chi connectivity index (χ1v) is 6.05. The Bertz CT molecular complexity index is 218. The molecule has 14 heavy (non-hydrogen) atoms. The van der Waals surface area contributed by atoms with Crippen LogP contribution in [0.25, 0.3) is 0 Å². The summed E-state index contributed by atoms with van der Waals surface area (Å²) in [4.78, 5) is 0. The molecule has 82 valence electrons. The summed E-state index contributed by atoms with van der Waals surface area (Å²) in [6.07, 6.45) is 5.71. The average molecular weight is 197 g/mol. The van der Waals surface area contributed by atoms with Gasteiger partial charge in [0.05, 0.1) is 6.10 Å². The fraction of sp³-hybridized carbons (Fsp3) is 1.00. The number of hydrogen-bond acceptors (Lipinski definition) is 2. The van der Waals surface area contributed by atoms with E-state index in [2.05, 4.69) is 13.8 Å². The van der Waals surface area contributed by atoms with Crippen LogP contribution in [0.2, 0.25) is 0 Å². The molecule has 0 aromatic carbocycles. The van der Waals surface area contributed by atoms with Crippen molar-refractivity contribution in [2.45, 2.75) is 57.6 Å². The van der Waals surface area contributed by atoms with Gasteiger partial charge in [-0.15, -0.1) is 0 Å². The third-order valence-electron chi connectivity index (χ3n) is 4.62. The highest BCUT2D eigenvalue weighted by molar-refractivity contribution is 5.11. The first kappa shape index (κ1) is 10.4. The number of nitrogens with two attached hydrogens (primary N) is 1. The van der Waals surface area contributed by atoms with Crippen molar-refractivity contribution in [2.75, 3.05) is 0 Å². The van der Waals surface area contributed by atoms with E-state index in [-0.39, 0.29) is 11.6 Å². The molecule has 0 amide bonds. The first-order chi connectivity index (χ1) is 6.58. The van der Waals surface area contributed by atoms with Crippen molar-refractivity contribution in [1.82, 2.24) is 0 Å². The summed E-state index contributed by atoms with van der Waals surface area (Å²) in [5, 5.41) is 10.2. The largest absolute Gasteiger partial charge is 0.392 e. The summed E-state index contributed by atoms with van der Waals surface area (Å²) in [5.41, 5.74) is 6.12. The summed E-state index contributed by atoms with van der Waals surface area (Å²) >= 11 is 0. The zero-order valence-corrected chi connectivity index (χ0v) is 9.37. The molecule has 0 bridgehead atoms. The van der Waals surface area contributed by atoms with Crippen LogP contribution < -0.4 is 5.73 Å². The fourth-order valence-electron chi connectivity index (χ4n) is 3.20. The molecule has 2 aliphatic carbocycles. The second-order valence-corrected chi connectivity index (χ2v) is 5.46. The highest BCUT2D eigenvalue weighted by Gasteiger charge is 2.55. The third kappa shape index (κ3) is 1.59. The van der Waals surface area contributed by atoms with Crippen LogP contribution in [0.1, 0.15) is 46.0 Å². The summed E-state index contributed by atoms with van der Waals surface area (Å²) in [5.74, 6) is 1.61. The van der Waals surface area contributed by atoms with E-state index in [1.54, 1.807) is 0 Å². The van der Waals surface area contributed by atoms with Gasteiger partial charge in [0.15, 0.2) is 0 Å². The zero-order chi connectivity index (χ0) is 10.3. The molecular formula is C12H23NO. The molecule has 0 radical (unpaired) electrons.